The van der Waals surface area contributed by atoms with Crippen molar-refractivity contribution in [2.45, 2.75) is 13.0 Å². The molecule has 0 aliphatic carbocycles. The highest BCUT2D eigenvalue weighted by atomic mass is 32.1. The third-order valence-corrected chi connectivity index (χ3v) is 7.18. The first-order valence-electron chi connectivity index (χ1n) is 12.1. The Hall–Kier alpha value is -3.26. The van der Waals surface area contributed by atoms with E-state index in [4.69, 9.17) is 9.11 Å². The Morgan fingerprint density at radius 3 is 2.51 bits per heavy atom. The van der Waals surface area contributed by atoms with Gasteiger partial charge in [0.15, 0.2) is 0 Å². The zero-order valence-electron chi connectivity index (χ0n) is 19.7. The second-order valence-electron chi connectivity index (χ2n) is 8.76. The molecule has 3 aromatic carbocycles. The van der Waals surface area contributed by atoms with Crippen molar-refractivity contribution >= 4 is 39.0 Å². The summed E-state index contributed by atoms with van der Waals surface area (Å²) < 4.78 is 11.5. The molecule has 2 heterocycles. The number of hydrogen-bond acceptors (Lipinski definition) is 6. The Labute approximate surface area is 210 Å². The predicted molar refractivity (Wildman–Crippen MR) is 143 cm³/mol. The summed E-state index contributed by atoms with van der Waals surface area (Å²) in [6.07, 6.45) is 0.890. The van der Waals surface area contributed by atoms with E-state index in [2.05, 4.69) is 45.4 Å². The van der Waals surface area contributed by atoms with Crippen molar-refractivity contribution in [2.75, 3.05) is 49.5 Å². The summed E-state index contributed by atoms with van der Waals surface area (Å²) in [7, 11) is 0. The van der Waals surface area contributed by atoms with Gasteiger partial charge in [0.05, 0.1) is 11.3 Å². The predicted octanol–water partition coefficient (Wildman–Crippen LogP) is 4.82. The molecule has 0 saturated carbocycles. The number of ether oxygens (including phenoxy) is 1. The molecule has 1 aromatic heterocycles. The van der Waals surface area contributed by atoms with Crippen molar-refractivity contribution < 1.29 is 9.53 Å². The molecule has 1 saturated heterocycles. The van der Waals surface area contributed by atoms with Gasteiger partial charge in [0.1, 0.15) is 12.4 Å². The lowest BCUT2D eigenvalue weighted by Crippen LogP contribution is -2.47. The molecule has 180 valence electrons. The van der Waals surface area contributed by atoms with Crippen LogP contribution in [0.2, 0.25) is 0 Å². The van der Waals surface area contributed by atoms with Crippen LogP contribution >= 0.6 is 11.5 Å². The van der Waals surface area contributed by atoms with Crippen molar-refractivity contribution in [3.8, 4) is 0 Å². The van der Waals surface area contributed by atoms with Crippen LogP contribution < -0.4 is 10.2 Å². The van der Waals surface area contributed by atoms with E-state index in [1.54, 1.807) is 11.5 Å². The summed E-state index contributed by atoms with van der Waals surface area (Å²) in [5, 5.41) is 4.28. The normalized spacial score (nSPS) is 14.3. The maximum Gasteiger partial charge on any atom is 0.250 e. The lowest BCUT2D eigenvalue weighted by molar-refractivity contribution is -0.121. The largest absolute Gasteiger partial charge is 0.367 e. The van der Waals surface area contributed by atoms with E-state index in [0.29, 0.717) is 6.61 Å². The molecule has 0 atom stereocenters. The fourth-order valence-electron chi connectivity index (χ4n) is 4.44. The SMILES string of the molecule is O=C(COCc1ccccc1)Nc1ccccc1CCN1CCN(c2nsc3ccccc23)CC1. The standard InChI is InChI=1S/C28H30N4O2S/c33-27(21-34-20-22-8-2-1-3-9-22)29-25-12-6-4-10-23(25)14-15-31-16-18-32(19-17-31)28-24-11-5-7-13-26(24)35-30-28/h1-13H,14-21H2,(H,29,33). The zero-order valence-corrected chi connectivity index (χ0v) is 20.5. The van der Waals surface area contributed by atoms with Crippen LogP contribution in [-0.4, -0.2) is 54.5 Å². The molecule has 1 amide bonds. The third kappa shape index (κ3) is 6.06. The summed E-state index contributed by atoms with van der Waals surface area (Å²) in [5.41, 5.74) is 3.08. The molecule has 35 heavy (non-hydrogen) atoms. The Balaban J connectivity index is 1.10. The number of piperazine rings is 1. The minimum atomic E-state index is -0.127. The summed E-state index contributed by atoms with van der Waals surface area (Å²) in [5.74, 6) is 0.991. The second kappa shape index (κ2) is 11.4. The maximum absolute atomic E-state index is 12.4. The zero-order chi connectivity index (χ0) is 23.9. The monoisotopic (exact) mass is 486 g/mol. The molecule has 6 nitrogen and oxygen atoms in total. The van der Waals surface area contributed by atoms with Crippen molar-refractivity contribution in [2.24, 2.45) is 0 Å². The quantitative estimate of drug-likeness (QED) is 0.368. The molecular weight excluding hydrogens is 456 g/mol. The number of hydrogen-bond donors (Lipinski definition) is 1. The van der Waals surface area contributed by atoms with Gasteiger partial charge in [-0.1, -0.05) is 60.7 Å². The number of nitrogens with zero attached hydrogens (tertiary/aromatic N) is 3. The van der Waals surface area contributed by atoms with E-state index in [1.807, 2.05) is 48.5 Å². The fourth-order valence-corrected chi connectivity index (χ4v) is 5.24. The van der Waals surface area contributed by atoms with Gasteiger partial charge >= 0.3 is 0 Å². The van der Waals surface area contributed by atoms with Crippen LogP contribution in [0.5, 0.6) is 0 Å². The fraction of sp³-hybridized carbons (Fsp3) is 0.286. The minimum Gasteiger partial charge on any atom is -0.367 e. The summed E-state index contributed by atoms with van der Waals surface area (Å²) in [4.78, 5) is 17.3. The molecule has 0 spiro atoms. The lowest BCUT2D eigenvalue weighted by Gasteiger charge is -2.35. The Bertz CT molecular complexity index is 1250. The van der Waals surface area contributed by atoms with Gasteiger partial charge in [-0.2, -0.15) is 4.37 Å². The molecule has 5 rings (SSSR count). The number of rotatable bonds is 9. The lowest BCUT2D eigenvalue weighted by atomic mass is 10.1. The van der Waals surface area contributed by atoms with E-state index in [0.717, 1.165) is 61.8 Å². The highest BCUT2D eigenvalue weighted by Gasteiger charge is 2.20. The van der Waals surface area contributed by atoms with Crippen LogP contribution in [0.25, 0.3) is 10.1 Å². The Kier molecular flexibility index (Phi) is 7.68. The van der Waals surface area contributed by atoms with E-state index < -0.39 is 0 Å². The van der Waals surface area contributed by atoms with Crippen LogP contribution in [0, 0.1) is 0 Å². The van der Waals surface area contributed by atoms with Crippen molar-refractivity contribution in [1.29, 1.82) is 0 Å². The molecule has 1 fully saturated rings. The Morgan fingerprint density at radius 2 is 1.66 bits per heavy atom. The highest BCUT2D eigenvalue weighted by Crippen LogP contribution is 2.29. The van der Waals surface area contributed by atoms with Gasteiger partial charge in [0.25, 0.3) is 0 Å². The summed E-state index contributed by atoms with van der Waals surface area (Å²) >= 11 is 1.58. The molecule has 1 aliphatic heterocycles. The highest BCUT2D eigenvalue weighted by molar-refractivity contribution is 7.13. The van der Waals surface area contributed by atoms with Gasteiger partial charge in [-0.15, -0.1) is 0 Å². The number of nitrogens with one attached hydrogen (secondary N) is 1. The summed E-state index contributed by atoms with van der Waals surface area (Å²) in [6, 6.07) is 26.4. The molecule has 0 unspecified atom stereocenters. The third-order valence-electron chi connectivity index (χ3n) is 6.36. The van der Waals surface area contributed by atoms with Crippen LogP contribution in [0.15, 0.2) is 78.9 Å². The van der Waals surface area contributed by atoms with Crippen molar-refractivity contribution in [3.63, 3.8) is 0 Å². The summed E-state index contributed by atoms with van der Waals surface area (Å²) in [6.45, 7) is 5.40. The number of fused-ring (bicyclic) bond motifs is 1. The molecule has 0 bridgehead atoms. The van der Waals surface area contributed by atoms with E-state index in [1.165, 1.54) is 10.1 Å². The van der Waals surface area contributed by atoms with Gasteiger partial charge in [-0.25, -0.2) is 0 Å². The van der Waals surface area contributed by atoms with Crippen molar-refractivity contribution in [1.82, 2.24) is 9.27 Å². The number of aromatic nitrogens is 1. The van der Waals surface area contributed by atoms with Crippen LogP contribution in [0.4, 0.5) is 11.5 Å². The van der Waals surface area contributed by atoms with Crippen LogP contribution in [0.1, 0.15) is 11.1 Å². The number of benzene rings is 3. The van der Waals surface area contributed by atoms with Gasteiger partial charge in [-0.3, -0.25) is 9.69 Å². The number of amides is 1. The van der Waals surface area contributed by atoms with Crippen molar-refractivity contribution in [3.05, 3.63) is 90.0 Å². The number of anilines is 2. The molecule has 4 aromatic rings. The minimum absolute atomic E-state index is 0.0382. The second-order valence-corrected chi connectivity index (χ2v) is 9.57. The van der Waals surface area contributed by atoms with Gasteiger partial charge in [-0.05, 0) is 47.3 Å². The molecule has 1 aliphatic rings. The van der Waals surface area contributed by atoms with E-state index in [-0.39, 0.29) is 12.5 Å². The van der Waals surface area contributed by atoms with Crippen LogP contribution in [0.3, 0.4) is 0 Å². The number of carbonyl (C=O) groups excluding carboxylic acids is 1. The van der Waals surface area contributed by atoms with Gasteiger partial charge in [0, 0.05) is 43.8 Å². The number of para-hydroxylation sites is 1. The van der Waals surface area contributed by atoms with Crippen LogP contribution in [-0.2, 0) is 22.6 Å². The topological polar surface area (TPSA) is 57.7 Å². The average molecular weight is 487 g/mol. The van der Waals surface area contributed by atoms with Gasteiger partial charge in [0.2, 0.25) is 5.91 Å². The first-order valence-corrected chi connectivity index (χ1v) is 12.8. The molecule has 1 N–H and O–H groups in total. The molecular formula is C28H30N4O2S. The van der Waals surface area contributed by atoms with E-state index in [9.17, 15) is 4.79 Å². The molecule has 0 radical (unpaired) electrons. The Morgan fingerprint density at radius 1 is 0.914 bits per heavy atom. The maximum atomic E-state index is 12.4. The number of carbonyl (C=O) groups is 1. The van der Waals surface area contributed by atoms with E-state index >= 15 is 0 Å². The van der Waals surface area contributed by atoms with Gasteiger partial charge < -0.3 is 15.0 Å². The first kappa shape index (κ1) is 23.5. The average Bonchev–Trinajstić information content (AvgIpc) is 3.33. The molecule has 7 heteroatoms. The smallest absolute Gasteiger partial charge is 0.250 e. The first-order chi connectivity index (χ1) is 17.3.